The molecule has 75 heavy (non-hydrogen) atoms. The van der Waals surface area contributed by atoms with Gasteiger partial charge in [0.25, 0.3) is 0 Å². The fourth-order valence-electron chi connectivity index (χ4n) is 6.87. The van der Waals surface area contributed by atoms with Crippen molar-refractivity contribution >= 4 is 77.0 Å². The van der Waals surface area contributed by atoms with Crippen molar-refractivity contribution in [3.8, 4) is 0 Å². The summed E-state index contributed by atoms with van der Waals surface area (Å²) in [6.07, 6.45) is -2.64. The lowest BCUT2D eigenvalue weighted by Gasteiger charge is -2.30. The number of aliphatic carboxylic acids is 2. The fraction of sp³-hybridized carbons (Fsp3) is 0.587. The Kier molecular flexibility index (Phi) is 28.6. The lowest BCUT2D eigenvalue weighted by atomic mass is 9.98. The van der Waals surface area contributed by atoms with Crippen LogP contribution in [0.4, 0.5) is 0 Å². The third-order valence-electron chi connectivity index (χ3n) is 11.2. The van der Waals surface area contributed by atoms with Gasteiger partial charge in [-0.05, 0) is 56.4 Å². The summed E-state index contributed by atoms with van der Waals surface area (Å²) in [5.74, 6) is -14.1. The van der Waals surface area contributed by atoms with E-state index in [1.807, 2.05) is 0 Å². The number of guanidine groups is 1. The summed E-state index contributed by atoms with van der Waals surface area (Å²) in [4.78, 5) is 160. The maximum absolute atomic E-state index is 14.0. The Bertz CT molecular complexity index is 2190. The zero-order valence-corrected chi connectivity index (χ0v) is 42.6. The Labute approximate surface area is 432 Å². The summed E-state index contributed by atoms with van der Waals surface area (Å²) >= 11 is 0. The number of aliphatic hydroxyl groups is 1. The van der Waals surface area contributed by atoms with Crippen LogP contribution in [0.25, 0.3) is 0 Å². The van der Waals surface area contributed by atoms with Gasteiger partial charge in [0.05, 0.1) is 12.6 Å². The van der Waals surface area contributed by atoms with Crippen LogP contribution in [0.15, 0.2) is 35.3 Å². The number of hydrogen-bond donors (Lipinski definition) is 16. The number of nitrogens with zero attached hydrogens (tertiary/aromatic N) is 1. The SMILES string of the molecule is CC(C)[C@H](NC(=O)[C@H](CCC(N)=O)NC(=O)[C@H](CCC(N)=O)NC(=O)[C@H](C)NC(=O)[C@@H](N)CCCN=C(N)N)C(=O)N[C@H](C(=O)N[C@@H](CCC(=O)O)C(=O)N[C@@H](Cc1ccccc1)C(=O)N[C@@H](CO)C(=O)O)C(C)C. The van der Waals surface area contributed by atoms with E-state index in [1.54, 1.807) is 30.3 Å². The molecule has 0 aliphatic heterocycles. The minimum Gasteiger partial charge on any atom is -0.481 e. The number of carboxylic acid groups (broad SMARTS) is 2. The maximum Gasteiger partial charge on any atom is 0.328 e. The van der Waals surface area contributed by atoms with Crippen molar-refractivity contribution in [3.05, 3.63) is 35.9 Å². The molecule has 10 amide bonds. The number of aliphatic imine (C=N–C) groups is 1. The van der Waals surface area contributed by atoms with Gasteiger partial charge in [-0.1, -0.05) is 58.0 Å². The van der Waals surface area contributed by atoms with Gasteiger partial charge in [0.2, 0.25) is 59.1 Å². The van der Waals surface area contributed by atoms with Gasteiger partial charge in [-0.15, -0.1) is 0 Å². The monoisotopic (exact) mass is 1060 g/mol. The average Bonchev–Trinajstić information content (AvgIpc) is 3.33. The quantitative estimate of drug-likeness (QED) is 0.0171. The van der Waals surface area contributed by atoms with E-state index in [-0.39, 0.29) is 25.3 Å². The van der Waals surface area contributed by atoms with E-state index in [0.717, 1.165) is 0 Å². The highest BCUT2D eigenvalue weighted by atomic mass is 16.4. The summed E-state index contributed by atoms with van der Waals surface area (Å²) in [5, 5.41) is 47.6. The first-order chi connectivity index (χ1) is 35.1. The van der Waals surface area contributed by atoms with Crippen LogP contribution >= 0.6 is 0 Å². The van der Waals surface area contributed by atoms with Crippen molar-refractivity contribution in [1.82, 2.24) is 42.5 Å². The third kappa shape index (κ3) is 25.0. The predicted octanol–water partition coefficient (Wildman–Crippen LogP) is -5.71. The van der Waals surface area contributed by atoms with Gasteiger partial charge in [0, 0.05) is 32.2 Å². The Morgan fingerprint density at radius 3 is 1.37 bits per heavy atom. The molecule has 1 aromatic carbocycles. The maximum atomic E-state index is 14.0. The van der Waals surface area contributed by atoms with E-state index >= 15 is 0 Å². The van der Waals surface area contributed by atoms with Gasteiger partial charge in [-0.2, -0.15) is 0 Å². The van der Waals surface area contributed by atoms with Crippen LogP contribution in [0.5, 0.6) is 0 Å². The van der Waals surface area contributed by atoms with Crippen LogP contribution in [-0.2, 0) is 64.0 Å². The van der Waals surface area contributed by atoms with Gasteiger partial charge in [0.15, 0.2) is 5.96 Å². The van der Waals surface area contributed by atoms with Crippen molar-refractivity contribution < 1.29 is 72.9 Å². The molecule has 0 saturated carbocycles. The smallest absolute Gasteiger partial charge is 0.328 e. The van der Waals surface area contributed by atoms with E-state index in [1.165, 1.54) is 34.6 Å². The number of primary amides is 2. The minimum absolute atomic E-state index is 0.147. The highest BCUT2D eigenvalue weighted by Gasteiger charge is 2.36. The second-order valence-electron chi connectivity index (χ2n) is 18.2. The number of hydrogen-bond acceptors (Lipinski definition) is 15. The van der Waals surface area contributed by atoms with Crippen LogP contribution in [0.3, 0.4) is 0 Å². The molecule has 0 aliphatic carbocycles. The number of amides is 10. The molecule has 0 bridgehead atoms. The summed E-state index contributed by atoms with van der Waals surface area (Å²) in [6, 6.07) is -5.20. The fourth-order valence-corrected chi connectivity index (χ4v) is 6.87. The Morgan fingerprint density at radius 2 is 0.920 bits per heavy atom. The average molecular weight is 1060 g/mol. The van der Waals surface area contributed by atoms with Crippen LogP contribution in [0.1, 0.15) is 91.5 Å². The molecule has 0 fully saturated rings. The topological polar surface area (TPSA) is 504 Å². The first-order valence-electron chi connectivity index (χ1n) is 24.0. The summed E-state index contributed by atoms with van der Waals surface area (Å²) < 4.78 is 0. The molecule has 0 unspecified atom stereocenters. The number of carbonyl (C=O) groups is 12. The van der Waals surface area contributed by atoms with Gasteiger partial charge in [-0.25, -0.2) is 4.79 Å². The van der Waals surface area contributed by atoms with E-state index in [0.29, 0.717) is 12.0 Å². The van der Waals surface area contributed by atoms with E-state index < -0.39 is 182 Å². The normalized spacial score (nSPS) is 14.6. The van der Waals surface area contributed by atoms with Crippen molar-refractivity contribution in [2.24, 2.45) is 45.5 Å². The highest BCUT2D eigenvalue weighted by Crippen LogP contribution is 2.12. The zero-order chi connectivity index (χ0) is 57.1. The molecule has 0 heterocycles. The molecule has 1 rings (SSSR count). The Hall–Kier alpha value is -7.95. The molecule has 21 N–H and O–H groups in total. The summed E-state index contributed by atoms with van der Waals surface area (Å²) in [5.41, 5.74) is 27.7. The lowest BCUT2D eigenvalue weighted by Crippen LogP contribution is -2.62. The number of carbonyl (C=O) groups excluding carboxylic acids is 10. The number of carboxylic acids is 2. The van der Waals surface area contributed by atoms with Gasteiger partial charge >= 0.3 is 11.9 Å². The Balaban J connectivity index is 3.39. The molecule has 418 valence electrons. The number of nitrogens with two attached hydrogens (primary N) is 5. The highest BCUT2D eigenvalue weighted by molar-refractivity contribution is 5.98. The van der Waals surface area contributed by atoms with Crippen LogP contribution in [-0.4, -0.2) is 160 Å². The second-order valence-corrected chi connectivity index (χ2v) is 18.2. The van der Waals surface area contributed by atoms with Crippen molar-refractivity contribution in [2.45, 2.75) is 147 Å². The number of benzene rings is 1. The molecule has 1 aromatic rings. The molecule has 0 radical (unpaired) electrons. The molecular formula is C46H74N14O15. The van der Waals surface area contributed by atoms with Crippen LogP contribution < -0.4 is 71.2 Å². The van der Waals surface area contributed by atoms with Crippen molar-refractivity contribution in [1.29, 1.82) is 0 Å². The summed E-state index contributed by atoms with van der Waals surface area (Å²) in [7, 11) is 0. The van der Waals surface area contributed by atoms with Crippen LogP contribution in [0, 0.1) is 11.8 Å². The molecule has 0 spiro atoms. The molecule has 0 saturated heterocycles. The van der Waals surface area contributed by atoms with Gasteiger partial charge < -0.3 is 86.5 Å². The minimum atomic E-state index is -1.75. The zero-order valence-electron chi connectivity index (χ0n) is 42.6. The predicted molar refractivity (Wildman–Crippen MR) is 267 cm³/mol. The summed E-state index contributed by atoms with van der Waals surface area (Å²) in [6.45, 7) is 6.57. The molecule has 29 nitrogen and oxygen atoms in total. The third-order valence-corrected chi connectivity index (χ3v) is 11.2. The number of aliphatic hydroxyl groups excluding tert-OH is 1. The molecular weight excluding hydrogens is 989 g/mol. The standard InChI is InChI=1S/C46H74N14O15/c1-22(2)35(43(72)56-29(15-18-34(64)65)40(69)57-30(20-25-10-7-6-8-11-25)42(71)58-31(21-61)45(74)75)60-44(73)36(23(3)4)59-41(70)28(14-17-33(49)63)55-39(68)27(13-16-32(48)62)54-37(66)24(5)53-38(67)26(47)12-9-19-52-46(50)51/h6-8,10-11,22-24,26-31,35-36,61H,9,12-21,47H2,1-5H3,(H2,48,62)(H2,49,63)(H,53,67)(H,54,66)(H,55,68)(H,56,72)(H,57,69)(H,58,71)(H,59,70)(H,60,73)(H,64,65)(H,74,75)(H4,50,51,52)/t24-,26-,27-,28-,29-,30-,31-,35-,36-/m0/s1. The number of rotatable bonds is 35. The first kappa shape index (κ1) is 65.1. The lowest BCUT2D eigenvalue weighted by molar-refractivity contribution is -0.143. The largest absolute Gasteiger partial charge is 0.481 e. The van der Waals surface area contributed by atoms with Crippen molar-refractivity contribution in [3.63, 3.8) is 0 Å². The van der Waals surface area contributed by atoms with E-state index in [2.05, 4.69) is 47.5 Å². The molecule has 0 aliphatic rings. The molecule has 9 atom stereocenters. The van der Waals surface area contributed by atoms with E-state index in [4.69, 9.17) is 28.7 Å². The van der Waals surface area contributed by atoms with Gasteiger partial charge in [-0.3, -0.25) is 57.7 Å². The molecule has 29 heteroatoms. The first-order valence-corrected chi connectivity index (χ1v) is 24.0. The number of nitrogens with one attached hydrogen (secondary N) is 8. The second kappa shape index (κ2) is 33.0. The van der Waals surface area contributed by atoms with Crippen LogP contribution in [0.2, 0.25) is 0 Å². The van der Waals surface area contributed by atoms with Gasteiger partial charge in [0.1, 0.15) is 48.3 Å². The van der Waals surface area contributed by atoms with Crippen molar-refractivity contribution in [2.75, 3.05) is 13.2 Å². The van der Waals surface area contributed by atoms with E-state index in [9.17, 15) is 72.9 Å². The molecule has 0 aromatic heterocycles. The Morgan fingerprint density at radius 1 is 0.507 bits per heavy atom.